The second kappa shape index (κ2) is 4.32. The van der Waals surface area contributed by atoms with Crippen molar-refractivity contribution in [3.8, 4) is 0 Å². The van der Waals surface area contributed by atoms with Gasteiger partial charge in [0.2, 0.25) is 5.91 Å². The molecule has 5 heteroatoms. The van der Waals surface area contributed by atoms with Crippen molar-refractivity contribution in [3.63, 3.8) is 0 Å². The number of nitrogens with zero attached hydrogens (tertiary/aromatic N) is 1. The highest BCUT2D eigenvalue weighted by Crippen LogP contribution is 2.52. The molecule has 2 aliphatic rings. The maximum atomic E-state index is 12.7. The van der Waals surface area contributed by atoms with Gasteiger partial charge in [-0.3, -0.25) is 4.79 Å². The molecule has 1 aliphatic carbocycles. The molecule has 21 heavy (non-hydrogen) atoms. The predicted octanol–water partition coefficient (Wildman–Crippen LogP) is 1.88. The zero-order valence-electron chi connectivity index (χ0n) is 12.7. The Morgan fingerprint density at radius 2 is 1.86 bits per heavy atom. The Kier molecular flexibility index (Phi) is 3.00. The Morgan fingerprint density at radius 3 is 2.43 bits per heavy atom. The minimum absolute atomic E-state index is 0.0675. The third kappa shape index (κ3) is 2.18. The zero-order valence-corrected chi connectivity index (χ0v) is 13.5. The number of hydrogen-bond acceptors (Lipinski definition) is 3. The van der Waals surface area contributed by atoms with Crippen molar-refractivity contribution < 1.29 is 13.2 Å². The number of fused-ring (bicyclic) bond motifs is 2. The molecule has 0 atom stereocenters. The molecule has 0 saturated heterocycles. The molecule has 114 valence electrons. The summed E-state index contributed by atoms with van der Waals surface area (Å²) in [6.45, 7) is 4.16. The predicted molar refractivity (Wildman–Crippen MR) is 81.7 cm³/mol. The number of sulfone groups is 1. The molecule has 1 aliphatic heterocycles. The Morgan fingerprint density at radius 1 is 1.24 bits per heavy atom. The van der Waals surface area contributed by atoms with Gasteiger partial charge in [-0.15, -0.1) is 0 Å². The maximum Gasteiger partial charge on any atom is 0.243 e. The fourth-order valence-corrected chi connectivity index (χ4v) is 3.60. The van der Waals surface area contributed by atoms with Crippen LogP contribution in [0.2, 0.25) is 0 Å². The van der Waals surface area contributed by atoms with Crippen molar-refractivity contribution in [2.45, 2.75) is 43.4 Å². The van der Waals surface area contributed by atoms with Crippen LogP contribution in [-0.2, 0) is 26.6 Å². The zero-order chi connectivity index (χ0) is 15.5. The summed E-state index contributed by atoms with van der Waals surface area (Å²) in [7, 11) is -3.44. The fraction of sp³-hybridized carbons (Fsp3) is 0.562. The Bertz CT molecular complexity index is 702. The topological polar surface area (TPSA) is 54.5 Å². The van der Waals surface area contributed by atoms with Gasteiger partial charge in [-0.1, -0.05) is 24.3 Å². The quantitative estimate of drug-likeness (QED) is 0.838. The number of amides is 1. The van der Waals surface area contributed by atoms with E-state index in [9.17, 15) is 13.2 Å². The molecule has 1 spiro atoms. The number of rotatable bonds is 2. The Labute approximate surface area is 126 Å². The summed E-state index contributed by atoms with van der Waals surface area (Å²) in [5.74, 6) is -0.286. The van der Waals surface area contributed by atoms with Crippen molar-refractivity contribution >= 4 is 15.7 Å². The number of carbonyl (C=O) groups is 1. The second-order valence-corrected chi connectivity index (χ2v) is 9.45. The van der Waals surface area contributed by atoms with E-state index >= 15 is 0 Å². The highest BCUT2D eigenvalue weighted by atomic mass is 32.2. The van der Waals surface area contributed by atoms with E-state index in [1.54, 1.807) is 4.90 Å². The second-order valence-electron chi connectivity index (χ2n) is 6.88. The van der Waals surface area contributed by atoms with Crippen LogP contribution in [0.25, 0.3) is 0 Å². The van der Waals surface area contributed by atoms with E-state index in [4.69, 9.17) is 0 Å². The molecule has 0 aromatic heterocycles. The van der Waals surface area contributed by atoms with Gasteiger partial charge in [0.1, 0.15) is 4.75 Å². The monoisotopic (exact) mass is 307 g/mol. The summed E-state index contributed by atoms with van der Waals surface area (Å²) < 4.78 is 22.5. The van der Waals surface area contributed by atoms with Crippen LogP contribution in [0.1, 0.15) is 37.8 Å². The summed E-state index contributed by atoms with van der Waals surface area (Å²) in [5.41, 5.74) is 2.56. The first-order valence-corrected chi connectivity index (χ1v) is 9.14. The number of benzene rings is 1. The van der Waals surface area contributed by atoms with Crippen LogP contribution < -0.4 is 0 Å². The highest BCUT2D eigenvalue weighted by Gasteiger charge is 2.52. The summed E-state index contributed by atoms with van der Waals surface area (Å²) in [6.07, 6.45) is 3.29. The van der Waals surface area contributed by atoms with Gasteiger partial charge in [0.05, 0.1) is 0 Å². The molecular weight excluding hydrogens is 286 g/mol. The van der Waals surface area contributed by atoms with Gasteiger partial charge in [-0.05, 0) is 37.8 Å². The molecule has 4 nitrogen and oxygen atoms in total. The van der Waals surface area contributed by atoms with Crippen LogP contribution in [0.15, 0.2) is 24.3 Å². The van der Waals surface area contributed by atoms with Crippen molar-refractivity contribution in [1.82, 2.24) is 4.90 Å². The molecule has 1 amide bonds. The maximum absolute atomic E-state index is 12.7. The average molecular weight is 307 g/mol. The first-order chi connectivity index (χ1) is 9.67. The third-order valence-corrected chi connectivity index (χ3v) is 7.05. The Balaban J connectivity index is 1.95. The molecule has 1 aromatic rings. The lowest BCUT2D eigenvalue weighted by atomic mass is 9.86. The summed E-state index contributed by atoms with van der Waals surface area (Å²) >= 11 is 0. The number of carbonyl (C=O) groups excluding carboxylic acids is 1. The molecule has 1 fully saturated rings. The van der Waals surface area contributed by atoms with Crippen LogP contribution in [0.4, 0.5) is 0 Å². The van der Waals surface area contributed by atoms with E-state index < -0.39 is 14.6 Å². The van der Waals surface area contributed by atoms with E-state index in [-0.39, 0.29) is 11.3 Å². The van der Waals surface area contributed by atoms with Crippen molar-refractivity contribution in [2.24, 2.45) is 0 Å². The van der Waals surface area contributed by atoms with Crippen LogP contribution >= 0.6 is 0 Å². The Hall–Kier alpha value is -1.36. The molecule has 0 N–H and O–H groups in total. The van der Waals surface area contributed by atoms with Crippen LogP contribution in [0.3, 0.4) is 0 Å². The van der Waals surface area contributed by atoms with E-state index in [0.717, 1.165) is 24.7 Å². The van der Waals surface area contributed by atoms with Gasteiger partial charge in [0.25, 0.3) is 0 Å². The minimum Gasteiger partial charge on any atom is -0.336 e. The van der Waals surface area contributed by atoms with Crippen molar-refractivity contribution in [2.75, 3.05) is 12.8 Å². The first-order valence-electron chi connectivity index (χ1n) is 7.25. The molecule has 0 bridgehead atoms. The highest BCUT2D eigenvalue weighted by molar-refractivity contribution is 7.92. The molecule has 1 heterocycles. The van der Waals surface area contributed by atoms with Crippen LogP contribution in [0, 0.1) is 0 Å². The van der Waals surface area contributed by atoms with Crippen molar-refractivity contribution in [1.29, 1.82) is 0 Å². The summed E-state index contributed by atoms with van der Waals surface area (Å²) in [5, 5.41) is 0. The van der Waals surface area contributed by atoms with E-state index in [1.807, 2.05) is 18.2 Å². The lowest BCUT2D eigenvalue weighted by Gasteiger charge is -2.38. The van der Waals surface area contributed by atoms with Gasteiger partial charge >= 0.3 is 0 Å². The molecule has 1 saturated carbocycles. The van der Waals surface area contributed by atoms with Gasteiger partial charge in [0, 0.05) is 24.8 Å². The molecule has 0 radical (unpaired) electrons. The average Bonchev–Trinajstić information content (AvgIpc) is 3.17. The smallest absolute Gasteiger partial charge is 0.243 e. The molecular formula is C16H21NO3S. The summed E-state index contributed by atoms with van der Waals surface area (Å²) in [6, 6.07) is 8.20. The molecule has 1 aromatic carbocycles. The number of hydrogen-bond donors (Lipinski definition) is 0. The first kappa shape index (κ1) is 14.6. The normalized spacial score (nSPS) is 20.2. The SMILES string of the molecule is CC(C)(C(=O)N1Cc2ccccc2C2(CC2)C1)S(C)(=O)=O. The van der Waals surface area contributed by atoms with Crippen molar-refractivity contribution in [3.05, 3.63) is 35.4 Å². The van der Waals surface area contributed by atoms with Gasteiger partial charge in [0.15, 0.2) is 9.84 Å². The fourth-order valence-electron chi connectivity index (χ4n) is 3.15. The van der Waals surface area contributed by atoms with Gasteiger partial charge < -0.3 is 4.90 Å². The lowest BCUT2D eigenvalue weighted by molar-refractivity contribution is -0.134. The third-order valence-electron chi connectivity index (χ3n) is 5.03. The molecule has 0 unspecified atom stereocenters. The largest absolute Gasteiger partial charge is 0.336 e. The van der Waals surface area contributed by atoms with E-state index in [0.29, 0.717) is 13.1 Å². The standard InChI is InChI=1S/C16H21NO3S/c1-15(2,21(3,19)20)14(18)17-10-12-6-4-5-7-13(12)16(11-17)8-9-16/h4-7H,8-11H2,1-3H3. The van der Waals surface area contributed by atoms with Gasteiger partial charge in [-0.2, -0.15) is 0 Å². The van der Waals surface area contributed by atoms with E-state index in [1.165, 1.54) is 19.4 Å². The van der Waals surface area contributed by atoms with E-state index in [2.05, 4.69) is 6.07 Å². The van der Waals surface area contributed by atoms with Gasteiger partial charge in [-0.25, -0.2) is 8.42 Å². The van der Waals surface area contributed by atoms with Crippen LogP contribution in [0.5, 0.6) is 0 Å². The molecule has 3 rings (SSSR count). The minimum atomic E-state index is -3.44. The summed E-state index contributed by atoms with van der Waals surface area (Å²) in [4.78, 5) is 14.5. The lowest BCUT2D eigenvalue weighted by Crippen LogP contribution is -2.52. The van der Waals surface area contributed by atoms with Crippen LogP contribution in [-0.4, -0.2) is 36.8 Å².